The lowest BCUT2D eigenvalue weighted by molar-refractivity contribution is 0.0528. The van der Waals surface area contributed by atoms with Crippen molar-refractivity contribution in [2.24, 2.45) is 0 Å². The maximum Gasteiger partial charge on any atom is 0.416 e. The fourth-order valence-corrected chi connectivity index (χ4v) is 4.76. The van der Waals surface area contributed by atoms with Crippen molar-refractivity contribution in [1.29, 1.82) is 0 Å². The van der Waals surface area contributed by atoms with E-state index in [1.807, 2.05) is 0 Å². The Hall–Kier alpha value is -3.47. The van der Waals surface area contributed by atoms with Crippen LogP contribution in [0.2, 0.25) is 0 Å². The third-order valence-electron chi connectivity index (χ3n) is 5.77. The topological polar surface area (TPSA) is 107 Å². The summed E-state index contributed by atoms with van der Waals surface area (Å²) >= 11 is 1.14. The fourth-order valence-electron chi connectivity index (χ4n) is 3.98. The standard InChI is InChI=1S/C25H28FN5O4S/c1-5-34-22(32)18-14-28-21(36-18)17-9-10-19(30-29-17)31(23(33)35-24(2,3)4)15-25(11-7-12-25)20-16(26)8-6-13-27-20/h6,8-10,13-14H,5,7,11-12,15H2,1-4H3. The molecule has 4 rings (SSSR count). The van der Waals surface area contributed by atoms with Gasteiger partial charge in [0.15, 0.2) is 5.82 Å². The smallest absolute Gasteiger partial charge is 0.416 e. The van der Waals surface area contributed by atoms with Crippen molar-refractivity contribution in [3.8, 4) is 10.7 Å². The lowest BCUT2D eigenvalue weighted by Gasteiger charge is -2.44. The minimum absolute atomic E-state index is 0.147. The maximum atomic E-state index is 14.7. The largest absolute Gasteiger partial charge is 0.462 e. The summed E-state index contributed by atoms with van der Waals surface area (Å²) in [6, 6.07) is 6.24. The van der Waals surface area contributed by atoms with E-state index in [4.69, 9.17) is 9.47 Å². The molecule has 1 aliphatic rings. The molecule has 3 aromatic rings. The number of hydrogen-bond donors (Lipinski definition) is 0. The van der Waals surface area contributed by atoms with Gasteiger partial charge in [-0.2, -0.15) is 0 Å². The molecule has 0 radical (unpaired) electrons. The van der Waals surface area contributed by atoms with E-state index in [1.165, 1.54) is 17.2 Å². The van der Waals surface area contributed by atoms with Crippen molar-refractivity contribution >= 4 is 29.2 Å². The molecule has 0 N–H and O–H groups in total. The van der Waals surface area contributed by atoms with Crippen LogP contribution >= 0.6 is 11.3 Å². The Bertz CT molecular complexity index is 1240. The Morgan fingerprint density at radius 3 is 2.53 bits per heavy atom. The zero-order valence-corrected chi connectivity index (χ0v) is 21.5. The van der Waals surface area contributed by atoms with Crippen LogP contribution in [-0.4, -0.2) is 51.0 Å². The molecule has 0 bridgehead atoms. The molecule has 3 aromatic heterocycles. The van der Waals surface area contributed by atoms with Gasteiger partial charge in [-0.3, -0.25) is 9.88 Å². The molecule has 1 saturated carbocycles. The van der Waals surface area contributed by atoms with Crippen LogP contribution in [0.3, 0.4) is 0 Å². The van der Waals surface area contributed by atoms with E-state index >= 15 is 0 Å². The average molecular weight is 514 g/mol. The molecule has 190 valence electrons. The Morgan fingerprint density at radius 2 is 1.94 bits per heavy atom. The zero-order valence-electron chi connectivity index (χ0n) is 20.7. The number of anilines is 1. The van der Waals surface area contributed by atoms with E-state index in [-0.39, 0.29) is 19.0 Å². The van der Waals surface area contributed by atoms with Gasteiger partial charge >= 0.3 is 12.1 Å². The molecular formula is C25H28FN5O4S. The highest BCUT2D eigenvalue weighted by Gasteiger charge is 2.45. The van der Waals surface area contributed by atoms with Crippen LogP contribution in [0, 0.1) is 5.82 Å². The summed E-state index contributed by atoms with van der Waals surface area (Å²) in [6.07, 6.45) is 4.65. The molecule has 9 nitrogen and oxygen atoms in total. The summed E-state index contributed by atoms with van der Waals surface area (Å²) < 4.78 is 25.4. The van der Waals surface area contributed by atoms with Crippen LogP contribution in [0.15, 0.2) is 36.7 Å². The van der Waals surface area contributed by atoms with Crippen molar-refractivity contribution < 1.29 is 23.5 Å². The number of hydrogen-bond acceptors (Lipinski definition) is 9. The van der Waals surface area contributed by atoms with Crippen LogP contribution in [0.5, 0.6) is 0 Å². The molecule has 36 heavy (non-hydrogen) atoms. The molecule has 1 amide bonds. The maximum absolute atomic E-state index is 14.7. The van der Waals surface area contributed by atoms with Gasteiger partial charge in [-0.15, -0.1) is 21.5 Å². The lowest BCUT2D eigenvalue weighted by atomic mass is 9.66. The second-order valence-electron chi connectivity index (χ2n) is 9.56. The van der Waals surface area contributed by atoms with Crippen molar-refractivity contribution in [1.82, 2.24) is 20.2 Å². The Balaban J connectivity index is 1.63. The lowest BCUT2D eigenvalue weighted by Crippen LogP contribution is -2.50. The summed E-state index contributed by atoms with van der Waals surface area (Å²) in [6.45, 7) is 7.48. The van der Waals surface area contributed by atoms with Gasteiger partial charge in [0.1, 0.15) is 27.0 Å². The van der Waals surface area contributed by atoms with E-state index in [0.717, 1.165) is 17.8 Å². The van der Waals surface area contributed by atoms with Gasteiger partial charge in [-0.1, -0.05) is 6.42 Å². The van der Waals surface area contributed by atoms with E-state index in [9.17, 15) is 14.0 Å². The predicted molar refractivity (Wildman–Crippen MR) is 132 cm³/mol. The monoisotopic (exact) mass is 513 g/mol. The average Bonchev–Trinajstić information content (AvgIpc) is 3.29. The number of amides is 1. The van der Waals surface area contributed by atoms with Gasteiger partial charge in [0.25, 0.3) is 0 Å². The zero-order chi connectivity index (χ0) is 25.9. The molecular weight excluding hydrogens is 485 g/mol. The van der Waals surface area contributed by atoms with E-state index in [2.05, 4.69) is 20.2 Å². The Labute approximate surface area is 212 Å². The number of rotatable bonds is 7. The Kier molecular flexibility index (Phi) is 7.30. The van der Waals surface area contributed by atoms with Crippen LogP contribution in [0.25, 0.3) is 10.7 Å². The first-order chi connectivity index (χ1) is 17.1. The van der Waals surface area contributed by atoms with Gasteiger partial charge in [-0.05, 0) is 64.8 Å². The molecule has 3 heterocycles. The van der Waals surface area contributed by atoms with Gasteiger partial charge in [0.2, 0.25) is 0 Å². The molecule has 11 heteroatoms. The van der Waals surface area contributed by atoms with Crippen molar-refractivity contribution in [3.05, 3.63) is 53.0 Å². The highest BCUT2D eigenvalue weighted by molar-refractivity contribution is 7.16. The molecule has 1 fully saturated rings. The number of carbonyl (C=O) groups excluding carboxylic acids is 2. The number of aromatic nitrogens is 4. The summed E-state index contributed by atoms with van der Waals surface area (Å²) in [5.74, 6) is -0.587. The predicted octanol–water partition coefficient (Wildman–Crippen LogP) is 5.17. The third-order valence-corrected chi connectivity index (χ3v) is 6.77. The molecule has 1 aliphatic carbocycles. The second-order valence-corrected chi connectivity index (χ2v) is 10.6. The normalized spacial score (nSPS) is 14.6. The van der Waals surface area contributed by atoms with Gasteiger partial charge in [-0.25, -0.2) is 19.0 Å². The van der Waals surface area contributed by atoms with E-state index in [0.29, 0.717) is 34.1 Å². The molecule has 0 aromatic carbocycles. The second kappa shape index (κ2) is 10.3. The quantitative estimate of drug-likeness (QED) is 0.398. The minimum Gasteiger partial charge on any atom is -0.462 e. The van der Waals surface area contributed by atoms with E-state index in [1.54, 1.807) is 52.1 Å². The van der Waals surface area contributed by atoms with Crippen LogP contribution < -0.4 is 4.90 Å². The number of halogens is 1. The SMILES string of the molecule is CCOC(=O)c1cnc(-c2ccc(N(CC3(c4ncccc4F)CCC3)C(=O)OC(C)(C)C)nn2)s1. The van der Waals surface area contributed by atoms with Gasteiger partial charge in [0.05, 0.1) is 18.5 Å². The number of esters is 1. The highest BCUT2D eigenvalue weighted by Crippen LogP contribution is 2.45. The number of carbonyl (C=O) groups is 2. The molecule has 0 saturated heterocycles. The van der Waals surface area contributed by atoms with Gasteiger partial charge in [0, 0.05) is 18.2 Å². The molecule has 0 aliphatic heterocycles. The minimum atomic E-state index is -0.740. The summed E-state index contributed by atoms with van der Waals surface area (Å²) in [4.78, 5) is 35.5. The van der Waals surface area contributed by atoms with Crippen molar-refractivity contribution in [2.75, 3.05) is 18.1 Å². The van der Waals surface area contributed by atoms with Crippen LogP contribution in [-0.2, 0) is 14.9 Å². The first kappa shape index (κ1) is 25.6. The van der Waals surface area contributed by atoms with Crippen molar-refractivity contribution in [3.63, 3.8) is 0 Å². The fraction of sp³-hybridized carbons (Fsp3) is 0.440. The number of thiazole rings is 1. The molecule has 0 atom stereocenters. The number of ether oxygens (including phenoxy) is 2. The summed E-state index contributed by atoms with van der Waals surface area (Å²) in [5, 5.41) is 9.00. The summed E-state index contributed by atoms with van der Waals surface area (Å²) in [5.41, 5.74) is -0.607. The van der Waals surface area contributed by atoms with Crippen molar-refractivity contribution in [2.45, 2.75) is 58.0 Å². The summed E-state index contributed by atoms with van der Waals surface area (Å²) in [7, 11) is 0. The van der Waals surface area contributed by atoms with Crippen LogP contribution in [0.4, 0.5) is 15.0 Å². The third kappa shape index (κ3) is 5.51. The van der Waals surface area contributed by atoms with E-state index < -0.39 is 28.9 Å². The molecule has 0 spiro atoms. The number of nitrogens with zero attached hydrogens (tertiary/aromatic N) is 5. The first-order valence-corrected chi connectivity index (χ1v) is 12.5. The highest BCUT2D eigenvalue weighted by atomic mass is 32.1. The number of pyridine rings is 1. The van der Waals surface area contributed by atoms with Gasteiger partial charge < -0.3 is 9.47 Å². The Morgan fingerprint density at radius 1 is 1.17 bits per heavy atom. The first-order valence-electron chi connectivity index (χ1n) is 11.7. The van der Waals surface area contributed by atoms with Crippen LogP contribution in [0.1, 0.15) is 62.3 Å². The molecule has 0 unspecified atom stereocenters.